The Labute approximate surface area is 118 Å². The number of nitrogens with one attached hydrogen (secondary N) is 1. The molecule has 1 aromatic carbocycles. The van der Waals surface area contributed by atoms with E-state index in [2.05, 4.69) is 70.3 Å². The number of hydrogen-bond acceptors (Lipinski definition) is 1. The van der Waals surface area contributed by atoms with Gasteiger partial charge in [0.1, 0.15) is 0 Å². The highest BCUT2D eigenvalue weighted by Crippen LogP contribution is 2.42. The first kappa shape index (κ1) is 14.6. The van der Waals surface area contributed by atoms with Crippen LogP contribution in [-0.2, 0) is 0 Å². The van der Waals surface area contributed by atoms with Crippen molar-refractivity contribution in [2.24, 2.45) is 17.3 Å². The Morgan fingerprint density at radius 1 is 1.11 bits per heavy atom. The van der Waals surface area contributed by atoms with Crippen LogP contribution in [0.5, 0.6) is 0 Å². The largest absolute Gasteiger partial charge is 0.307 e. The lowest BCUT2D eigenvalue weighted by Crippen LogP contribution is -2.37. The second kappa shape index (κ2) is 5.66. The van der Waals surface area contributed by atoms with Crippen LogP contribution in [0.25, 0.3) is 0 Å². The molecule has 1 heteroatoms. The van der Waals surface area contributed by atoms with Crippen molar-refractivity contribution in [3.8, 4) is 0 Å². The van der Waals surface area contributed by atoms with Gasteiger partial charge in [-0.15, -0.1) is 0 Å². The number of hydrogen-bond donors (Lipinski definition) is 1. The Morgan fingerprint density at radius 2 is 1.74 bits per heavy atom. The molecule has 0 heterocycles. The molecule has 0 aromatic heterocycles. The molecule has 1 saturated carbocycles. The highest BCUT2D eigenvalue weighted by atomic mass is 15.0. The quantitative estimate of drug-likeness (QED) is 0.819. The molecule has 0 spiro atoms. The second-order valence-electron chi connectivity index (χ2n) is 7.46. The van der Waals surface area contributed by atoms with Crippen molar-refractivity contribution >= 4 is 0 Å². The van der Waals surface area contributed by atoms with E-state index in [9.17, 15) is 0 Å². The summed E-state index contributed by atoms with van der Waals surface area (Å²) in [4.78, 5) is 0. The van der Waals surface area contributed by atoms with E-state index >= 15 is 0 Å². The average Bonchev–Trinajstić information content (AvgIpc) is 2.60. The first-order chi connectivity index (χ1) is 8.89. The van der Waals surface area contributed by atoms with Crippen molar-refractivity contribution in [2.75, 3.05) is 0 Å². The summed E-state index contributed by atoms with van der Waals surface area (Å²) in [7, 11) is 0. The van der Waals surface area contributed by atoms with Crippen molar-refractivity contribution in [1.82, 2.24) is 5.32 Å². The van der Waals surface area contributed by atoms with Gasteiger partial charge in [-0.2, -0.15) is 0 Å². The monoisotopic (exact) mass is 259 g/mol. The molecular weight excluding hydrogens is 230 g/mol. The lowest BCUT2D eigenvalue weighted by atomic mass is 9.90. The fourth-order valence-corrected chi connectivity index (χ4v) is 3.68. The molecule has 106 valence electrons. The fraction of sp³-hybridized carbons (Fsp3) is 0.667. The normalized spacial score (nSPS) is 27.7. The van der Waals surface area contributed by atoms with Crippen LogP contribution in [0, 0.1) is 17.3 Å². The highest BCUT2D eigenvalue weighted by molar-refractivity contribution is 5.19. The third-order valence-corrected chi connectivity index (χ3v) is 4.55. The first-order valence-electron chi connectivity index (χ1n) is 7.70. The van der Waals surface area contributed by atoms with Gasteiger partial charge in [-0.1, -0.05) is 65.0 Å². The number of benzene rings is 1. The summed E-state index contributed by atoms with van der Waals surface area (Å²) >= 11 is 0. The minimum atomic E-state index is 0.475. The van der Waals surface area contributed by atoms with Crippen molar-refractivity contribution in [3.05, 3.63) is 35.9 Å². The molecule has 1 aromatic rings. The molecular formula is C18H29N. The van der Waals surface area contributed by atoms with Crippen molar-refractivity contribution in [2.45, 2.75) is 59.5 Å². The maximum atomic E-state index is 3.94. The lowest BCUT2D eigenvalue weighted by molar-refractivity contribution is 0.315. The first-order valence-corrected chi connectivity index (χ1v) is 7.70. The second-order valence-corrected chi connectivity index (χ2v) is 7.46. The van der Waals surface area contributed by atoms with Crippen molar-refractivity contribution in [1.29, 1.82) is 0 Å². The summed E-state index contributed by atoms with van der Waals surface area (Å²) in [6.45, 7) is 11.8. The summed E-state index contributed by atoms with van der Waals surface area (Å²) in [6.07, 6.45) is 2.63. The van der Waals surface area contributed by atoms with Crippen LogP contribution < -0.4 is 5.32 Å². The van der Waals surface area contributed by atoms with Crippen LogP contribution in [0.2, 0.25) is 0 Å². The van der Waals surface area contributed by atoms with Crippen molar-refractivity contribution in [3.63, 3.8) is 0 Å². The van der Waals surface area contributed by atoms with Gasteiger partial charge in [-0.25, -0.2) is 0 Å². The molecule has 3 unspecified atom stereocenters. The summed E-state index contributed by atoms with van der Waals surface area (Å²) < 4.78 is 0. The molecule has 0 aliphatic heterocycles. The predicted molar refractivity (Wildman–Crippen MR) is 83.1 cm³/mol. The zero-order valence-electron chi connectivity index (χ0n) is 13.1. The third kappa shape index (κ3) is 3.60. The minimum Gasteiger partial charge on any atom is -0.307 e. The summed E-state index contributed by atoms with van der Waals surface area (Å²) in [6, 6.07) is 12.0. The molecule has 3 atom stereocenters. The fourth-order valence-electron chi connectivity index (χ4n) is 3.68. The van der Waals surface area contributed by atoms with E-state index in [1.807, 2.05) is 0 Å². The highest BCUT2D eigenvalue weighted by Gasteiger charge is 2.37. The Bertz CT molecular complexity index is 393. The number of rotatable bonds is 4. The summed E-state index contributed by atoms with van der Waals surface area (Å²) in [5.41, 5.74) is 1.92. The standard InChI is InChI=1S/C18H29N/c1-13(2)17(15-9-7-6-8-10-15)19-16-12-18(4,5)11-14(16)3/h6-10,13-14,16-17,19H,11-12H2,1-5H3. The average molecular weight is 259 g/mol. The van der Waals surface area contributed by atoms with E-state index in [4.69, 9.17) is 0 Å². The van der Waals surface area contributed by atoms with E-state index < -0.39 is 0 Å². The van der Waals surface area contributed by atoms with E-state index in [0.29, 0.717) is 23.4 Å². The SMILES string of the molecule is CC(C)C(NC1CC(C)(C)CC1C)c1ccccc1. The van der Waals surface area contributed by atoms with E-state index in [0.717, 1.165) is 5.92 Å². The van der Waals surface area contributed by atoms with E-state index in [1.54, 1.807) is 0 Å². The van der Waals surface area contributed by atoms with Gasteiger partial charge in [0.05, 0.1) is 0 Å². The Balaban J connectivity index is 2.10. The molecule has 1 N–H and O–H groups in total. The van der Waals surface area contributed by atoms with Gasteiger partial charge in [0, 0.05) is 12.1 Å². The topological polar surface area (TPSA) is 12.0 Å². The molecule has 19 heavy (non-hydrogen) atoms. The Morgan fingerprint density at radius 3 is 2.21 bits per heavy atom. The van der Waals surface area contributed by atoms with E-state index in [-0.39, 0.29) is 0 Å². The molecule has 0 saturated heterocycles. The van der Waals surface area contributed by atoms with Gasteiger partial charge in [-0.3, -0.25) is 0 Å². The summed E-state index contributed by atoms with van der Waals surface area (Å²) in [5, 5.41) is 3.94. The zero-order valence-corrected chi connectivity index (χ0v) is 13.1. The summed E-state index contributed by atoms with van der Waals surface area (Å²) in [5.74, 6) is 1.40. The van der Waals surface area contributed by atoms with Gasteiger partial charge >= 0.3 is 0 Å². The smallest absolute Gasteiger partial charge is 0.0345 e. The van der Waals surface area contributed by atoms with Gasteiger partial charge < -0.3 is 5.32 Å². The van der Waals surface area contributed by atoms with Gasteiger partial charge in [0.25, 0.3) is 0 Å². The zero-order chi connectivity index (χ0) is 14.0. The van der Waals surface area contributed by atoms with Crippen LogP contribution in [0.1, 0.15) is 59.1 Å². The minimum absolute atomic E-state index is 0.475. The van der Waals surface area contributed by atoms with Crippen LogP contribution in [-0.4, -0.2) is 6.04 Å². The molecule has 1 aliphatic rings. The maximum Gasteiger partial charge on any atom is 0.0345 e. The van der Waals surface area contributed by atoms with Gasteiger partial charge in [-0.05, 0) is 35.7 Å². The molecule has 1 aliphatic carbocycles. The lowest BCUT2D eigenvalue weighted by Gasteiger charge is -2.29. The Hall–Kier alpha value is -0.820. The molecule has 0 amide bonds. The van der Waals surface area contributed by atoms with E-state index in [1.165, 1.54) is 18.4 Å². The molecule has 1 fully saturated rings. The van der Waals surface area contributed by atoms with Crippen LogP contribution in [0.15, 0.2) is 30.3 Å². The van der Waals surface area contributed by atoms with Crippen LogP contribution >= 0.6 is 0 Å². The molecule has 0 radical (unpaired) electrons. The Kier molecular flexibility index (Phi) is 4.35. The molecule has 0 bridgehead atoms. The van der Waals surface area contributed by atoms with Gasteiger partial charge in [0.2, 0.25) is 0 Å². The van der Waals surface area contributed by atoms with Crippen LogP contribution in [0.4, 0.5) is 0 Å². The molecule has 2 rings (SSSR count). The predicted octanol–water partition coefficient (Wildman–Crippen LogP) is 4.80. The van der Waals surface area contributed by atoms with Crippen molar-refractivity contribution < 1.29 is 0 Å². The maximum absolute atomic E-state index is 3.94. The molecule has 1 nitrogen and oxygen atoms in total. The van der Waals surface area contributed by atoms with Crippen LogP contribution in [0.3, 0.4) is 0 Å². The third-order valence-electron chi connectivity index (χ3n) is 4.55. The van der Waals surface area contributed by atoms with Gasteiger partial charge in [0.15, 0.2) is 0 Å².